The van der Waals surface area contributed by atoms with E-state index in [0.29, 0.717) is 11.3 Å². The van der Waals surface area contributed by atoms with Crippen molar-refractivity contribution in [2.45, 2.75) is 20.3 Å². The molecule has 0 spiro atoms. The molecule has 1 amide bonds. The molecule has 0 saturated carbocycles. The van der Waals surface area contributed by atoms with Gasteiger partial charge >= 0.3 is 5.97 Å². The fourth-order valence-electron chi connectivity index (χ4n) is 3.33. The van der Waals surface area contributed by atoms with Crippen molar-refractivity contribution in [3.05, 3.63) is 59.2 Å². The normalized spacial score (nSPS) is 16.2. The minimum atomic E-state index is -0.585. The molecule has 6 nitrogen and oxygen atoms in total. The fourth-order valence-corrected chi connectivity index (χ4v) is 3.33. The Bertz CT molecular complexity index is 921. The van der Waals surface area contributed by atoms with Crippen LogP contribution in [-0.2, 0) is 14.3 Å². The Hall–Kier alpha value is -3.15. The highest BCUT2D eigenvalue weighted by Crippen LogP contribution is 2.30. The second-order valence-electron chi connectivity index (χ2n) is 6.86. The van der Waals surface area contributed by atoms with Crippen LogP contribution in [0.5, 0.6) is 5.75 Å². The number of ether oxygens (including phenoxy) is 2. The van der Waals surface area contributed by atoms with Gasteiger partial charge in [0.15, 0.2) is 6.61 Å². The van der Waals surface area contributed by atoms with Crippen LogP contribution in [0, 0.1) is 19.8 Å². The molecular formula is C22H23NO5. The molecule has 1 fully saturated rings. The molecule has 0 bridgehead atoms. The number of ketones is 1. The first-order valence-electron chi connectivity index (χ1n) is 9.11. The Labute approximate surface area is 164 Å². The van der Waals surface area contributed by atoms with Crippen molar-refractivity contribution in [3.8, 4) is 5.75 Å². The molecule has 1 atom stereocenters. The van der Waals surface area contributed by atoms with Gasteiger partial charge in [0.25, 0.3) is 0 Å². The van der Waals surface area contributed by atoms with E-state index < -0.39 is 11.9 Å². The van der Waals surface area contributed by atoms with Crippen molar-refractivity contribution in [2.75, 3.05) is 25.2 Å². The number of benzene rings is 2. The molecule has 28 heavy (non-hydrogen) atoms. The second kappa shape index (κ2) is 8.25. The molecule has 0 radical (unpaired) electrons. The SMILES string of the molecule is COc1ccccc1C(=O)COC(=O)[C@H]1CC(=O)N(c2cccc(C)c2C)C1. The number of para-hydroxylation sites is 1. The van der Waals surface area contributed by atoms with E-state index in [0.717, 1.165) is 16.8 Å². The number of hydrogen-bond donors (Lipinski definition) is 0. The van der Waals surface area contributed by atoms with E-state index in [1.165, 1.54) is 7.11 Å². The lowest BCUT2D eigenvalue weighted by molar-refractivity contribution is -0.147. The number of anilines is 1. The molecule has 1 heterocycles. The molecule has 146 valence electrons. The van der Waals surface area contributed by atoms with Crippen LogP contribution in [0.2, 0.25) is 0 Å². The molecule has 6 heteroatoms. The second-order valence-corrected chi connectivity index (χ2v) is 6.86. The van der Waals surface area contributed by atoms with Crippen molar-refractivity contribution in [1.82, 2.24) is 0 Å². The maximum absolute atomic E-state index is 12.4. The summed E-state index contributed by atoms with van der Waals surface area (Å²) in [6, 6.07) is 12.5. The molecule has 2 aromatic rings. The number of nitrogens with zero attached hydrogens (tertiary/aromatic N) is 1. The van der Waals surface area contributed by atoms with Crippen LogP contribution >= 0.6 is 0 Å². The van der Waals surface area contributed by atoms with Crippen LogP contribution < -0.4 is 9.64 Å². The first-order chi connectivity index (χ1) is 13.4. The third kappa shape index (κ3) is 3.91. The van der Waals surface area contributed by atoms with Crippen LogP contribution in [-0.4, -0.2) is 37.9 Å². The summed E-state index contributed by atoms with van der Waals surface area (Å²) in [6.07, 6.45) is 0.0784. The number of aryl methyl sites for hydroxylation is 1. The first kappa shape index (κ1) is 19.6. The number of methoxy groups -OCH3 is 1. The van der Waals surface area contributed by atoms with Crippen LogP contribution in [0.15, 0.2) is 42.5 Å². The van der Waals surface area contributed by atoms with E-state index in [1.807, 2.05) is 32.0 Å². The van der Waals surface area contributed by atoms with Crippen LogP contribution in [0.1, 0.15) is 27.9 Å². The molecule has 0 aromatic heterocycles. The number of carbonyl (C=O) groups excluding carboxylic acids is 3. The maximum atomic E-state index is 12.4. The zero-order chi connectivity index (χ0) is 20.3. The Balaban J connectivity index is 1.63. The Morgan fingerprint density at radius 1 is 1.11 bits per heavy atom. The van der Waals surface area contributed by atoms with Crippen LogP contribution in [0.4, 0.5) is 5.69 Å². The topological polar surface area (TPSA) is 72.9 Å². The Morgan fingerprint density at radius 3 is 2.61 bits per heavy atom. The summed E-state index contributed by atoms with van der Waals surface area (Å²) in [5, 5.41) is 0. The van der Waals surface area contributed by atoms with E-state index in [-0.39, 0.29) is 31.3 Å². The lowest BCUT2D eigenvalue weighted by Gasteiger charge is -2.20. The number of hydrogen-bond acceptors (Lipinski definition) is 5. The largest absolute Gasteiger partial charge is 0.496 e. The monoisotopic (exact) mass is 381 g/mol. The highest BCUT2D eigenvalue weighted by Gasteiger charge is 2.37. The summed E-state index contributed by atoms with van der Waals surface area (Å²) in [5.74, 6) is -1.16. The summed E-state index contributed by atoms with van der Waals surface area (Å²) >= 11 is 0. The van der Waals surface area contributed by atoms with Crippen LogP contribution in [0.3, 0.4) is 0 Å². The minimum absolute atomic E-state index is 0.0784. The molecule has 0 unspecified atom stereocenters. The molecule has 3 rings (SSSR count). The average Bonchev–Trinajstić information content (AvgIpc) is 3.09. The van der Waals surface area contributed by atoms with Gasteiger partial charge in [0.05, 0.1) is 18.6 Å². The number of rotatable bonds is 6. The van der Waals surface area contributed by atoms with Gasteiger partial charge in [0.2, 0.25) is 11.7 Å². The van der Waals surface area contributed by atoms with Gasteiger partial charge in [0, 0.05) is 18.7 Å². The molecule has 1 saturated heterocycles. The van der Waals surface area contributed by atoms with Gasteiger partial charge in [-0.2, -0.15) is 0 Å². The van der Waals surface area contributed by atoms with E-state index in [2.05, 4.69) is 0 Å². The van der Waals surface area contributed by atoms with Crippen molar-refractivity contribution in [2.24, 2.45) is 5.92 Å². The minimum Gasteiger partial charge on any atom is -0.496 e. The predicted octanol–water partition coefficient (Wildman–Crippen LogP) is 3.09. The zero-order valence-corrected chi connectivity index (χ0v) is 16.2. The van der Waals surface area contributed by atoms with Gasteiger partial charge in [-0.15, -0.1) is 0 Å². The lowest BCUT2D eigenvalue weighted by Crippen LogP contribution is -2.28. The van der Waals surface area contributed by atoms with Gasteiger partial charge in [-0.1, -0.05) is 24.3 Å². The van der Waals surface area contributed by atoms with E-state index in [9.17, 15) is 14.4 Å². The van der Waals surface area contributed by atoms with Crippen molar-refractivity contribution in [3.63, 3.8) is 0 Å². The molecule has 1 aliphatic heterocycles. The quantitative estimate of drug-likeness (QED) is 0.568. The summed E-state index contributed by atoms with van der Waals surface area (Å²) in [6.45, 7) is 3.81. The maximum Gasteiger partial charge on any atom is 0.311 e. The zero-order valence-electron chi connectivity index (χ0n) is 16.2. The number of amides is 1. The highest BCUT2D eigenvalue weighted by molar-refractivity contribution is 6.02. The number of carbonyl (C=O) groups is 3. The first-order valence-corrected chi connectivity index (χ1v) is 9.11. The van der Waals surface area contributed by atoms with E-state index in [1.54, 1.807) is 29.2 Å². The molecule has 1 aliphatic rings. The molecule has 0 aliphatic carbocycles. The van der Waals surface area contributed by atoms with Crippen molar-refractivity contribution < 1.29 is 23.9 Å². The van der Waals surface area contributed by atoms with Gasteiger partial charge in [-0.05, 0) is 43.2 Å². The van der Waals surface area contributed by atoms with E-state index >= 15 is 0 Å². The fraction of sp³-hybridized carbons (Fsp3) is 0.318. The smallest absolute Gasteiger partial charge is 0.311 e. The lowest BCUT2D eigenvalue weighted by atomic mass is 10.1. The Morgan fingerprint density at radius 2 is 1.86 bits per heavy atom. The standard InChI is InChI=1S/C22H23NO5/c1-14-7-6-9-18(15(14)2)23-12-16(11-21(23)25)22(26)28-13-19(24)17-8-4-5-10-20(17)27-3/h4-10,16H,11-13H2,1-3H3/t16-/m0/s1. The summed E-state index contributed by atoms with van der Waals surface area (Å²) in [4.78, 5) is 38.8. The molecule has 0 N–H and O–H groups in total. The third-order valence-corrected chi connectivity index (χ3v) is 5.08. The van der Waals surface area contributed by atoms with Gasteiger partial charge in [-0.25, -0.2) is 0 Å². The molecule has 2 aromatic carbocycles. The Kier molecular flexibility index (Phi) is 5.78. The summed E-state index contributed by atoms with van der Waals surface area (Å²) < 4.78 is 10.4. The predicted molar refractivity (Wildman–Crippen MR) is 105 cm³/mol. The third-order valence-electron chi connectivity index (χ3n) is 5.08. The van der Waals surface area contributed by atoms with E-state index in [4.69, 9.17) is 9.47 Å². The van der Waals surface area contributed by atoms with Crippen LogP contribution in [0.25, 0.3) is 0 Å². The summed E-state index contributed by atoms with van der Waals surface area (Å²) in [5.41, 5.74) is 3.26. The molecular weight excluding hydrogens is 358 g/mol. The van der Waals surface area contributed by atoms with Gasteiger partial charge < -0.3 is 14.4 Å². The highest BCUT2D eigenvalue weighted by atomic mass is 16.5. The number of esters is 1. The van der Waals surface area contributed by atoms with Crippen molar-refractivity contribution >= 4 is 23.3 Å². The van der Waals surface area contributed by atoms with Crippen molar-refractivity contribution in [1.29, 1.82) is 0 Å². The van der Waals surface area contributed by atoms with Gasteiger partial charge in [-0.3, -0.25) is 14.4 Å². The summed E-state index contributed by atoms with van der Waals surface area (Å²) in [7, 11) is 1.48. The average molecular weight is 381 g/mol. The van der Waals surface area contributed by atoms with Gasteiger partial charge in [0.1, 0.15) is 5.75 Å². The number of Topliss-reactive ketones (excluding diaryl/α,β-unsaturated/α-hetero) is 1.